The second kappa shape index (κ2) is 7.94. The lowest BCUT2D eigenvalue weighted by Gasteiger charge is -2.22. The summed E-state index contributed by atoms with van der Waals surface area (Å²) in [7, 11) is 0. The van der Waals surface area contributed by atoms with Gasteiger partial charge in [-0.1, -0.05) is 19.1 Å². The van der Waals surface area contributed by atoms with E-state index in [1.807, 2.05) is 24.3 Å². The molecule has 0 aromatic heterocycles. The highest BCUT2D eigenvalue weighted by Gasteiger charge is 2.22. The first-order valence-electron chi connectivity index (χ1n) is 7.95. The Morgan fingerprint density at radius 1 is 1.27 bits per heavy atom. The number of hydrogen-bond donors (Lipinski definition) is 2. The number of nitrogens with one attached hydrogen (secondary N) is 2. The number of likely N-dealkylation sites (N-methyl/N-ethyl adjacent to an activating group) is 1. The third-order valence-electron chi connectivity index (χ3n) is 4.08. The Balaban J connectivity index is 1.78. The van der Waals surface area contributed by atoms with Gasteiger partial charge in [0.25, 0.3) is 0 Å². The summed E-state index contributed by atoms with van der Waals surface area (Å²) in [5, 5.41) is 5.75. The van der Waals surface area contributed by atoms with Crippen molar-refractivity contribution in [3.8, 4) is 0 Å². The van der Waals surface area contributed by atoms with Crippen molar-refractivity contribution in [2.45, 2.75) is 39.2 Å². The average Bonchev–Trinajstić information content (AvgIpc) is 2.94. The van der Waals surface area contributed by atoms with Gasteiger partial charge in [0.15, 0.2) is 0 Å². The third kappa shape index (κ3) is 4.84. The van der Waals surface area contributed by atoms with E-state index >= 15 is 0 Å². The second-order valence-electron chi connectivity index (χ2n) is 5.78. The zero-order valence-corrected chi connectivity index (χ0v) is 13.4. The molecule has 22 heavy (non-hydrogen) atoms. The number of hydrogen-bond acceptors (Lipinski definition) is 3. The molecule has 0 aliphatic carbocycles. The van der Waals surface area contributed by atoms with Crippen LogP contribution >= 0.6 is 0 Å². The van der Waals surface area contributed by atoms with E-state index in [2.05, 4.69) is 22.5 Å². The van der Waals surface area contributed by atoms with Crippen LogP contribution in [0.2, 0.25) is 0 Å². The highest BCUT2D eigenvalue weighted by atomic mass is 16.2. The van der Waals surface area contributed by atoms with E-state index in [-0.39, 0.29) is 11.8 Å². The van der Waals surface area contributed by atoms with Gasteiger partial charge in [0.2, 0.25) is 11.8 Å². The van der Waals surface area contributed by atoms with Crippen molar-refractivity contribution < 1.29 is 9.59 Å². The molecule has 1 aromatic carbocycles. The van der Waals surface area contributed by atoms with Gasteiger partial charge in [-0.05, 0) is 43.6 Å². The molecule has 0 spiro atoms. The summed E-state index contributed by atoms with van der Waals surface area (Å²) in [5.41, 5.74) is 1.70. The number of anilines is 1. The van der Waals surface area contributed by atoms with Gasteiger partial charge in [-0.3, -0.25) is 14.5 Å². The zero-order chi connectivity index (χ0) is 15.9. The van der Waals surface area contributed by atoms with Crippen molar-refractivity contribution in [3.63, 3.8) is 0 Å². The molecular weight excluding hydrogens is 278 g/mol. The standard InChI is InChI=1S/C17H25N3O2/c1-3-20-10-4-5-16(20)12-18-17(22)11-14-6-8-15(9-7-14)19-13(2)21/h6-9,16H,3-5,10-12H2,1-2H3,(H,18,22)(H,19,21). The fraction of sp³-hybridized carbons (Fsp3) is 0.529. The normalized spacial score (nSPS) is 18.2. The first-order chi connectivity index (χ1) is 10.6. The quantitative estimate of drug-likeness (QED) is 0.842. The van der Waals surface area contributed by atoms with Crippen molar-refractivity contribution >= 4 is 17.5 Å². The molecular formula is C17H25N3O2. The predicted molar refractivity (Wildman–Crippen MR) is 87.7 cm³/mol. The minimum Gasteiger partial charge on any atom is -0.354 e. The lowest BCUT2D eigenvalue weighted by molar-refractivity contribution is -0.120. The van der Waals surface area contributed by atoms with Gasteiger partial charge in [-0.25, -0.2) is 0 Å². The number of amides is 2. The van der Waals surface area contributed by atoms with E-state index in [1.165, 1.54) is 19.8 Å². The molecule has 0 radical (unpaired) electrons. The second-order valence-corrected chi connectivity index (χ2v) is 5.78. The molecule has 120 valence electrons. The van der Waals surface area contributed by atoms with Crippen LogP contribution in [0.25, 0.3) is 0 Å². The molecule has 5 heteroatoms. The molecule has 0 bridgehead atoms. The van der Waals surface area contributed by atoms with Crippen molar-refractivity contribution in [2.24, 2.45) is 0 Å². The van der Waals surface area contributed by atoms with E-state index in [9.17, 15) is 9.59 Å². The highest BCUT2D eigenvalue weighted by molar-refractivity contribution is 5.88. The Morgan fingerprint density at radius 2 is 2.00 bits per heavy atom. The molecule has 1 heterocycles. The highest BCUT2D eigenvalue weighted by Crippen LogP contribution is 2.15. The molecule has 1 aliphatic rings. The van der Waals surface area contributed by atoms with Gasteiger partial charge < -0.3 is 10.6 Å². The molecule has 2 rings (SSSR count). The number of rotatable bonds is 6. The summed E-state index contributed by atoms with van der Waals surface area (Å²) < 4.78 is 0. The van der Waals surface area contributed by atoms with E-state index in [0.29, 0.717) is 12.5 Å². The van der Waals surface area contributed by atoms with Crippen LogP contribution in [-0.4, -0.2) is 42.4 Å². The molecule has 2 N–H and O–H groups in total. The number of benzene rings is 1. The van der Waals surface area contributed by atoms with Gasteiger partial charge >= 0.3 is 0 Å². The first kappa shape index (κ1) is 16.5. The molecule has 1 aliphatic heterocycles. The summed E-state index contributed by atoms with van der Waals surface area (Å²) in [6.07, 6.45) is 2.76. The number of carbonyl (C=O) groups excluding carboxylic acids is 2. The monoisotopic (exact) mass is 303 g/mol. The maximum atomic E-state index is 12.0. The number of nitrogens with zero attached hydrogens (tertiary/aromatic N) is 1. The summed E-state index contributed by atoms with van der Waals surface area (Å²) in [6, 6.07) is 7.87. The van der Waals surface area contributed by atoms with Crippen LogP contribution in [0.3, 0.4) is 0 Å². The van der Waals surface area contributed by atoms with Crippen LogP contribution in [0.1, 0.15) is 32.3 Å². The Labute approximate surface area is 132 Å². The van der Waals surface area contributed by atoms with Gasteiger partial charge in [-0.2, -0.15) is 0 Å². The molecule has 0 saturated carbocycles. The Kier molecular flexibility index (Phi) is 5.95. The van der Waals surface area contributed by atoms with Gasteiger partial charge in [-0.15, -0.1) is 0 Å². The summed E-state index contributed by atoms with van der Waals surface area (Å²) in [5.74, 6) is -0.0437. The Morgan fingerprint density at radius 3 is 2.64 bits per heavy atom. The van der Waals surface area contributed by atoms with Crippen LogP contribution in [0.4, 0.5) is 5.69 Å². The van der Waals surface area contributed by atoms with Crippen LogP contribution in [0.5, 0.6) is 0 Å². The molecule has 1 fully saturated rings. The fourth-order valence-electron chi connectivity index (χ4n) is 2.93. The molecule has 1 saturated heterocycles. The first-order valence-corrected chi connectivity index (χ1v) is 7.95. The van der Waals surface area contributed by atoms with Crippen molar-refractivity contribution in [1.82, 2.24) is 10.2 Å². The molecule has 1 aromatic rings. The smallest absolute Gasteiger partial charge is 0.224 e. The van der Waals surface area contributed by atoms with Crippen molar-refractivity contribution in [1.29, 1.82) is 0 Å². The van der Waals surface area contributed by atoms with Crippen LogP contribution in [0, 0.1) is 0 Å². The summed E-state index contributed by atoms with van der Waals surface area (Å²) in [6.45, 7) is 6.56. The minimum absolute atomic E-state index is 0.0511. The number of carbonyl (C=O) groups is 2. The molecule has 1 atom stereocenters. The van der Waals surface area contributed by atoms with Crippen LogP contribution in [0.15, 0.2) is 24.3 Å². The van der Waals surface area contributed by atoms with E-state index in [1.54, 1.807) is 0 Å². The largest absolute Gasteiger partial charge is 0.354 e. The number of likely N-dealkylation sites (tertiary alicyclic amines) is 1. The van der Waals surface area contributed by atoms with Crippen LogP contribution < -0.4 is 10.6 Å². The molecule has 2 amide bonds. The Bertz CT molecular complexity index is 513. The van der Waals surface area contributed by atoms with Crippen molar-refractivity contribution in [3.05, 3.63) is 29.8 Å². The topological polar surface area (TPSA) is 61.4 Å². The van der Waals surface area contributed by atoms with Crippen molar-refractivity contribution in [2.75, 3.05) is 25.0 Å². The van der Waals surface area contributed by atoms with Crippen LogP contribution in [-0.2, 0) is 16.0 Å². The van der Waals surface area contributed by atoms with E-state index in [0.717, 1.165) is 30.9 Å². The zero-order valence-electron chi connectivity index (χ0n) is 13.4. The SMILES string of the molecule is CCN1CCCC1CNC(=O)Cc1ccc(NC(C)=O)cc1. The maximum Gasteiger partial charge on any atom is 0.224 e. The summed E-state index contributed by atoms with van der Waals surface area (Å²) in [4.78, 5) is 25.4. The Hall–Kier alpha value is -1.88. The molecule has 5 nitrogen and oxygen atoms in total. The van der Waals surface area contributed by atoms with E-state index < -0.39 is 0 Å². The third-order valence-corrected chi connectivity index (χ3v) is 4.08. The minimum atomic E-state index is -0.0949. The van der Waals surface area contributed by atoms with Gasteiger partial charge in [0.05, 0.1) is 6.42 Å². The lowest BCUT2D eigenvalue weighted by Crippen LogP contribution is -2.40. The molecule has 1 unspecified atom stereocenters. The lowest BCUT2D eigenvalue weighted by atomic mass is 10.1. The summed E-state index contributed by atoms with van der Waals surface area (Å²) >= 11 is 0. The van der Waals surface area contributed by atoms with Gasteiger partial charge in [0, 0.05) is 25.2 Å². The average molecular weight is 303 g/mol. The fourth-order valence-corrected chi connectivity index (χ4v) is 2.93. The maximum absolute atomic E-state index is 12.0. The van der Waals surface area contributed by atoms with Gasteiger partial charge in [0.1, 0.15) is 0 Å². The van der Waals surface area contributed by atoms with E-state index in [4.69, 9.17) is 0 Å². The predicted octanol–water partition coefficient (Wildman–Crippen LogP) is 1.79.